The zero-order valence-corrected chi connectivity index (χ0v) is 10.7. The number of amides is 1. The molecule has 0 fully saturated rings. The van der Waals surface area contributed by atoms with Crippen LogP contribution in [0, 0.1) is 11.6 Å². The number of nitrogens with two attached hydrogens (primary N) is 1. The van der Waals surface area contributed by atoms with Crippen molar-refractivity contribution in [2.75, 3.05) is 5.32 Å². The Hall–Kier alpha value is -2.96. The van der Waals surface area contributed by atoms with Gasteiger partial charge < -0.3 is 16.3 Å². The van der Waals surface area contributed by atoms with Crippen molar-refractivity contribution in [3.63, 3.8) is 0 Å². The molecule has 0 aliphatic rings. The molecule has 21 heavy (non-hydrogen) atoms. The number of carbonyl (C=O) groups is 1. The molecule has 0 radical (unpaired) electrons. The maximum atomic E-state index is 13.5. The summed E-state index contributed by atoms with van der Waals surface area (Å²) in [5.74, 6) is -3.15. The van der Waals surface area contributed by atoms with Crippen LogP contribution in [-0.4, -0.2) is 17.0 Å². The van der Waals surface area contributed by atoms with Crippen LogP contribution < -0.4 is 11.1 Å². The summed E-state index contributed by atoms with van der Waals surface area (Å²) >= 11 is 0. The minimum absolute atomic E-state index is 0.0796. The average Bonchev–Trinajstić information content (AvgIpc) is 2.50. The largest absolute Gasteiger partial charge is 0.409 e. The Morgan fingerprint density at radius 1 is 1.14 bits per heavy atom. The number of benzene rings is 2. The fraction of sp³-hybridized carbons (Fsp3) is 0. The van der Waals surface area contributed by atoms with Gasteiger partial charge in [0, 0.05) is 11.3 Å². The molecule has 7 heteroatoms. The fourth-order valence-corrected chi connectivity index (χ4v) is 1.66. The van der Waals surface area contributed by atoms with E-state index in [4.69, 9.17) is 10.9 Å². The molecule has 1 amide bonds. The van der Waals surface area contributed by atoms with E-state index in [-0.39, 0.29) is 5.84 Å². The van der Waals surface area contributed by atoms with E-state index in [0.29, 0.717) is 11.3 Å². The lowest BCUT2D eigenvalue weighted by Crippen LogP contribution is -2.15. The van der Waals surface area contributed by atoms with E-state index in [2.05, 4.69) is 10.5 Å². The van der Waals surface area contributed by atoms with Crippen LogP contribution >= 0.6 is 0 Å². The Morgan fingerprint density at radius 2 is 1.81 bits per heavy atom. The lowest BCUT2D eigenvalue weighted by atomic mass is 10.1. The van der Waals surface area contributed by atoms with Crippen LogP contribution in [0.2, 0.25) is 0 Å². The van der Waals surface area contributed by atoms with Crippen LogP contribution in [0.5, 0.6) is 0 Å². The summed E-state index contributed by atoms with van der Waals surface area (Å²) in [7, 11) is 0. The third-order valence-corrected chi connectivity index (χ3v) is 2.74. The topological polar surface area (TPSA) is 87.7 Å². The van der Waals surface area contributed by atoms with Gasteiger partial charge >= 0.3 is 0 Å². The zero-order chi connectivity index (χ0) is 15.4. The van der Waals surface area contributed by atoms with E-state index in [9.17, 15) is 13.6 Å². The van der Waals surface area contributed by atoms with Gasteiger partial charge in [0.2, 0.25) is 0 Å². The monoisotopic (exact) mass is 291 g/mol. The van der Waals surface area contributed by atoms with E-state index in [1.54, 1.807) is 0 Å². The molecule has 0 atom stereocenters. The summed E-state index contributed by atoms with van der Waals surface area (Å²) in [5, 5.41) is 13.8. The van der Waals surface area contributed by atoms with Gasteiger partial charge in [-0.25, -0.2) is 8.78 Å². The number of rotatable bonds is 3. The molecule has 0 aliphatic carbocycles. The fourth-order valence-electron chi connectivity index (χ4n) is 1.66. The number of carbonyl (C=O) groups excluding carboxylic acids is 1. The van der Waals surface area contributed by atoms with Gasteiger partial charge in [0.15, 0.2) is 17.5 Å². The maximum Gasteiger partial charge on any atom is 0.258 e. The van der Waals surface area contributed by atoms with Crippen LogP contribution in [0.3, 0.4) is 0 Å². The number of hydrogen-bond acceptors (Lipinski definition) is 3. The van der Waals surface area contributed by atoms with Crippen LogP contribution in [0.25, 0.3) is 0 Å². The highest BCUT2D eigenvalue weighted by molar-refractivity contribution is 6.05. The first-order valence-corrected chi connectivity index (χ1v) is 5.86. The Labute approximate surface area is 118 Å². The van der Waals surface area contributed by atoms with Gasteiger partial charge in [-0.1, -0.05) is 11.2 Å². The predicted molar refractivity (Wildman–Crippen MR) is 73.3 cm³/mol. The highest BCUT2D eigenvalue weighted by Gasteiger charge is 2.15. The molecule has 0 spiro atoms. The third kappa shape index (κ3) is 3.14. The zero-order valence-electron chi connectivity index (χ0n) is 10.7. The third-order valence-electron chi connectivity index (χ3n) is 2.74. The standard InChI is InChI=1S/C14H11F2N3O2/c15-11-3-1-2-10(12(11)16)14(20)18-9-6-4-8(5-7-9)13(17)19-21/h1-7,21H,(H2,17,19)(H,18,20). The van der Waals surface area contributed by atoms with Gasteiger partial charge in [0.05, 0.1) is 5.56 Å². The van der Waals surface area contributed by atoms with E-state index in [0.717, 1.165) is 6.07 Å². The molecular weight excluding hydrogens is 280 g/mol. The van der Waals surface area contributed by atoms with Crippen molar-refractivity contribution < 1.29 is 18.8 Å². The molecule has 0 saturated heterocycles. The number of amidine groups is 1. The van der Waals surface area contributed by atoms with E-state index in [1.165, 1.54) is 36.4 Å². The summed E-state index contributed by atoms with van der Waals surface area (Å²) in [6, 6.07) is 9.34. The van der Waals surface area contributed by atoms with E-state index in [1.807, 2.05) is 0 Å². The number of nitrogens with one attached hydrogen (secondary N) is 1. The highest BCUT2D eigenvalue weighted by atomic mass is 19.2. The highest BCUT2D eigenvalue weighted by Crippen LogP contribution is 2.15. The first kappa shape index (κ1) is 14.4. The summed E-state index contributed by atoms with van der Waals surface area (Å²) in [6.45, 7) is 0. The summed E-state index contributed by atoms with van der Waals surface area (Å²) in [4.78, 5) is 11.9. The van der Waals surface area contributed by atoms with E-state index < -0.39 is 23.1 Å². The Kier molecular flexibility index (Phi) is 4.13. The number of anilines is 1. The summed E-state index contributed by atoms with van der Waals surface area (Å²) in [6.07, 6.45) is 0. The SMILES string of the molecule is NC(=NO)c1ccc(NC(=O)c2cccc(F)c2F)cc1. The lowest BCUT2D eigenvalue weighted by Gasteiger charge is -2.07. The van der Waals surface area contributed by atoms with Gasteiger partial charge in [-0.05, 0) is 36.4 Å². The van der Waals surface area contributed by atoms with Crippen molar-refractivity contribution >= 4 is 17.4 Å². The first-order valence-electron chi connectivity index (χ1n) is 5.86. The Morgan fingerprint density at radius 3 is 2.43 bits per heavy atom. The van der Waals surface area contributed by atoms with Crippen molar-refractivity contribution in [3.05, 3.63) is 65.2 Å². The molecule has 108 valence electrons. The summed E-state index contributed by atoms with van der Waals surface area (Å²) in [5.41, 5.74) is 5.81. The molecule has 0 bridgehead atoms. The molecule has 5 nitrogen and oxygen atoms in total. The molecule has 2 aromatic rings. The van der Waals surface area contributed by atoms with Crippen molar-refractivity contribution in [2.24, 2.45) is 10.9 Å². The normalized spacial score (nSPS) is 11.2. The smallest absolute Gasteiger partial charge is 0.258 e. The van der Waals surface area contributed by atoms with Crippen molar-refractivity contribution in [2.45, 2.75) is 0 Å². The number of hydrogen-bond donors (Lipinski definition) is 3. The van der Waals surface area contributed by atoms with Gasteiger partial charge in [-0.2, -0.15) is 0 Å². The molecule has 0 unspecified atom stereocenters. The van der Waals surface area contributed by atoms with Crippen molar-refractivity contribution in [1.29, 1.82) is 0 Å². The number of oxime groups is 1. The van der Waals surface area contributed by atoms with Crippen LogP contribution in [0.1, 0.15) is 15.9 Å². The molecule has 0 heterocycles. The second-order valence-electron chi connectivity index (χ2n) is 4.12. The molecule has 2 aromatic carbocycles. The van der Waals surface area contributed by atoms with Crippen molar-refractivity contribution in [3.8, 4) is 0 Å². The van der Waals surface area contributed by atoms with Crippen molar-refractivity contribution in [1.82, 2.24) is 0 Å². The molecule has 2 rings (SSSR count). The van der Waals surface area contributed by atoms with Gasteiger partial charge in [-0.3, -0.25) is 4.79 Å². The average molecular weight is 291 g/mol. The second kappa shape index (κ2) is 6.00. The second-order valence-corrected chi connectivity index (χ2v) is 4.12. The molecule has 0 saturated carbocycles. The van der Waals surface area contributed by atoms with Crippen LogP contribution in [0.15, 0.2) is 47.6 Å². The maximum absolute atomic E-state index is 13.5. The van der Waals surface area contributed by atoms with Gasteiger partial charge in [0.1, 0.15) is 0 Å². The minimum Gasteiger partial charge on any atom is -0.409 e. The summed E-state index contributed by atoms with van der Waals surface area (Å²) < 4.78 is 26.5. The quantitative estimate of drug-likeness (QED) is 0.351. The van der Waals surface area contributed by atoms with Crippen LogP contribution in [0.4, 0.5) is 14.5 Å². The van der Waals surface area contributed by atoms with Gasteiger partial charge in [0.25, 0.3) is 5.91 Å². The Bertz CT molecular complexity index is 700. The number of halogens is 2. The van der Waals surface area contributed by atoms with Crippen LogP contribution in [-0.2, 0) is 0 Å². The lowest BCUT2D eigenvalue weighted by molar-refractivity contribution is 0.102. The van der Waals surface area contributed by atoms with E-state index >= 15 is 0 Å². The molecular formula is C14H11F2N3O2. The molecule has 0 aromatic heterocycles. The minimum atomic E-state index is -1.21. The number of nitrogens with zero attached hydrogens (tertiary/aromatic N) is 1. The molecule has 0 aliphatic heterocycles. The predicted octanol–water partition coefficient (Wildman–Crippen LogP) is 2.31. The van der Waals surface area contributed by atoms with Gasteiger partial charge in [-0.15, -0.1) is 0 Å². The molecule has 4 N–H and O–H groups in total. The first-order chi connectivity index (χ1) is 10.0. The Balaban J connectivity index is 2.18.